The Balaban J connectivity index is 1.67. The highest BCUT2D eigenvalue weighted by molar-refractivity contribution is 6.22. The van der Waals surface area contributed by atoms with Crippen molar-refractivity contribution < 1.29 is 13.5 Å². The smallest absolute Gasteiger partial charge is 0.132 e. The summed E-state index contributed by atoms with van der Waals surface area (Å²) in [5, 5.41) is 0. The van der Waals surface area contributed by atoms with Crippen LogP contribution in [-0.4, -0.2) is 0 Å². The van der Waals surface area contributed by atoms with Crippen LogP contribution in [0.15, 0.2) is 97.1 Å². The summed E-state index contributed by atoms with van der Waals surface area (Å²) in [4.78, 5) is 0. The summed E-state index contributed by atoms with van der Waals surface area (Å²) in [6, 6.07) is 29.2. The zero-order chi connectivity index (χ0) is 20.3. The molecule has 1 nitrogen and oxygen atoms in total. The number of halogens is 2. The predicted molar refractivity (Wildman–Crippen MR) is 113 cm³/mol. The van der Waals surface area contributed by atoms with Gasteiger partial charge in [-0.2, -0.15) is 0 Å². The topological polar surface area (TPSA) is 9.23 Å². The molecule has 2 aliphatic rings. The van der Waals surface area contributed by atoms with Crippen LogP contribution in [0, 0.1) is 11.6 Å². The van der Waals surface area contributed by atoms with E-state index in [2.05, 4.69) is 12.1 Å². The molecule has 30 heavy (non-hydrogen) atoms. The second kappa shape index (κ2) is 6.14. The Morgan fingerprint density at radius 2 is 0.900 bits per heavy atom. The molecule has 0 atom stereocenters. The highest BCUT2D eigenvalue weighted by Gasteiger charge is 2.60. The molecule has 1 heterocycles. The molecule has 0 bridgehead atoms. The second-order valence-corrected chi connectivity index (χ2v) is 7.61. The van der Waals surface area contributed by atoms with Crippen LogP contribution in [0.1, 0.15) is 22.3 Å². The number of hydrogen-bond donors (Lipinski definition) is 0. The van der Waals surface area contributed by atoms with Crippen molar-refractivity contribution in [2.45, 2.75) is 5.41 Å². The highest BCUT2D eigenvalue weighted by Crippen LogP contribution is 2.72. The molecule has 0 saturated carbocycles. The Bertz CT molecular complexity index is 1210. The van der Waals surface area contributed by atoms with E-state index in [0.29, 0.717) is 0 Å². The number of rotatable bonds is 2. The molecule has 0 radical (unpaired) electrons. The van der Waals surface area contributed by atoms with E-state index in [1.165, 1.54) is 24.3 Å². The van der Waals surface area contributed by atoms with E-state index < -0.39 is 5.41 Å². The fourth-order valence-corrected chi connectivity index (χ4v) is 4.77. The lowest BCUT2D eigenvalue weighted by Crippen LogP contribution is -2.21. The van der Waals surface area contributed by atoms with Crippen molar-refractivity contribution >= 4 is 11.1 Å². The van der Waals surface area contributed by atoms with E-state index in [0.717, 1.165) is 44.9 Å². The minimum absolute atomic E-state index is 0.273. The van der Waals surface area contributed by atoms with Crippen molar-refractivity contribution in [2.24, 2.45) is 0 Å². The third-order valence-electron chi connectivity index (χ3n) is 6.01. The second-order valence-electron chi connectivity index (χ2n) is 7.61. The van der Waals surface area contributed by atoms with Gasteiger partial charge < -0.3 is 4.74 Å². The lowest BCUT2D eigenvalue weighted by Gasteiger charge is -2.31. The number of benzene rings is 4. The summed E-state index contributed by atoms with van der Waals surface area (Å²) in [6.45, 7) is 0. The fraction of sp³-hybridized carbons (Fsp3) is 0.0370. The van der Waals surface area contributed by atoms with Gasteiger partial charge in [0.2, 0.25) is 0 Å². The summed E-state index contributed by atoms with van der Waals surface area (Å²) in [7, 11) is 0. The standard InChI is InChI=1S/C27H16F2O/c28-19-13-9-17(10-14-19)25-26(18-11-15-20(29)16-12-18)27(25)21-5-1-3-7-23(21)30-24-8-4-2-6-22(24)27/h1-16H. The maximum absolute atomic E-state index is 13.7. The Morgan fingerprint density at radius 3 is 1.33 bits per heavy atom. The number of ether oxygens (including phenoxy) is 1. The first-order valence-corrected chi connectivity index (χ1v) is 9.83. The van der Waals surface area contributed by atoms with E-state index >= 15 is 0 Å². The first-order chi connectivity index (χ1) is 14.7. The monoisotopic (exact) mass is 394 g/mol. The van der Waals surface area contributed by atoms with Gasteiger partial charge in [-0.25, -0.2) is 8.78 Å². The first kappa shape index (κ1) is 17.2. The molecule has 0 aromatic heterocycles. The molecular weight excluding hydrogens is 378 g/mol. The maximum Gasteiger partial charge on any atom is 0.132 e. The van der Waals surface area contributed by atoms with E-state index in [1.807, 2.05) is 60.7 Å². The van der Waals surface area contributed by atoms with Crippen molar-refractivity contribution in [1.29, 1.82) is 0 Å². The average molecular weight is 394 g/mol. The van der Waals surface area contributed by atoms with Gasteiger partial charge in [-0.05, 0) is 58.7 Å². The molecule has 0 unspecified atom stereocenters. The van der Waals surface area contributed by atoms with Crippen molar-refractivity contribution in [2.75, 3.05) is 0 Å². The number of para-hydroxylation sites is 2. The quantitative estimate of drug-likeness (QED) is 0.356. The van der Waals surface area contributed by atoms with E-state index in [1.54, 1.807) is 0 Å². The molecular formula is C27H16F2O. The minimum atomic E-state index is -0.513. The SMILES string of the molecule is Fc1ccc(C2=C(c3ccc(F)cc3)C23c2ccccc2Oc2ccccc23)cc1. The van der Waals surface area contributed by atoms with Crippen LogP contribution in [0.2, 0.25) is 0 Å². The summed E-state index contributed by atoms with van der Waals surface area (Å²) < 4.78 is 33.6. The maximum atomic E-state index is 13.7. The van der Waals surface area contributed by atoms with E-state index in [-0.39, 0.29) is 11.6 Å². The van der Waals surface area contributed by atoms with E-state index in [4.69, 9.17) is 4.74 Å². The van der Waals surface area contributed by atoms with Crippen LogP contribution in [0.5, 0.6) is 11.5 Å². The Labute approximate surface area is 172 Å². The molecule has 0 saturated heterocycles. The molecule has 0 fully saturated rings. The van der Waals surface area contributed by atoms with Crippen LogP contribution in [0.3, 0.4) is 0 Å². The Morgan fingerprint density at radius 1 is 0.500 bits per heavy atom. The molecule has 1 aliphatic carbocycles. The summed E-state index contributed by atoms with van der Waals surface area (Å²) in [5.74, 6) is 1.05. The molecule has 1 spiro atoms. The molecule has 6 rings (SSSR count). The molecule has 3 heteroatoms. The van der Waals surface area contributed by atoms with Crippen molar-refractivity contribution in [3.63, 3.8) is 0 Å². The van der Waals surface area contributed by atoms with Gasteiger partial charge in [-0.1, -0.05) is 60.7 Å². The van der Waals surface area contributed by atoms with Gasteiger partial charge >= 0.3 is 0 Å². The van der Waals surface area contributed by atoms with Gasteiger partial charge in [-0.15, -0.1) is 0 Å². The van der Waals surface area contributed by atoms with Crippen LogP contribution >= 0.6 is 0 Å². The van der Waals surface area contributed by atoms with Crippen molar-refractivity contribution in [3.05, 3.63) is 131 Å². The zero-order valence-electron chi connectivity index (χ0n) is 15.9. The lowest BCUT2D eigenvalue weighted by molar-refractivity contribution is 0.450. The number of fused-ring (bicyclic) bond motifs is 4. The highest BCUT2D eigenvalue weighted by atomic mass is 19.1. The van der Waals surface area contributed by atoms with Crippen molar-refractivity contribution in [3.8, 4) is 11.5 Å². The van der Waals surface area contributed by atoms with Crippen LogP contribution in [0.4, 0.5) is 8.78 Å². The molecule has 0 N–H and O–H groups in total. The average Bonchev–Trinajstić information content (AvgIpc) is 3.45. The largest absolute Gasteiger partial charge is 0.457 e. The first-order valence-electron chi connectivity index (χ1n) is 9.83. The third-order valence-corrected chi connectivity index (χ3v) is 6.01. The third kappa shape index (κ3) is 2.26. The Hall–Kier alpha value is -3.72. The lowest BCUT2D eigenvalue weighted by atomic mass is 9.76. The van der Waals surface area contributed by atoms with Gasteiger partial charge in [0.25, 0.3) is 0 Å². The van der Waals surface area contributed by atoms with Gasteiger partial charge in [0, 0.05) is 11.1 Å². The minimum Gasteiger partial charge on any atom is -0.457 e. The zero-order valence-corrected chi connectivity index (χ0v) is 15.9. The van der Waals surface area contributed by atoms with Gasteiger partial charge in [0.05, 0.1) is 5.41 Å². The van der Waals surface area contributed by atoms with Gasteiger partial charge in [-0.3, -0.25) is 0 Å². The van der Waals surface area contributed by atoms with Crippen LogP contribution < -0.4 is 4.74 Å². The summed E-state index contributed by atoms with van der Waals surface area (Å²) in [5.41, 5.74) is 5.66. The van der Waals surface area contributed by atoms with Crippen molar-refractivity contribution in [1.82, 2.24) is 0 Å². The molecule has 144 valence electrons. The predicted octanol–water partition coefficient (Wildman–Crippen LogP) is 6.98. The number of allylic oxidation sites excluding steroid dienone is 2. The summed E-state index contributed by atoms with van der Waals surface area (Å²) >= 11 is 0. The molecule has 4 aromatic carbocycles. The van der Waals surface area contributed by atoms with E-state index in [9.17, 15) is 8.78 Å². The molecule has 1 aliphatic heterocycles. The number of hydrogen-bond acceptors (Lipinski definition) is 1. The van der Waals surface area contributed by atoms with Gasteiger partial charge in [0.1, 0.15) is 23.1 Å². The Kier molecular flexibility index (Phi) is 3.51. The normalized spacial score (nSPS) is 15.4. The molecule has 0 amide bonds. The van der Waals surface area contributed by atoms with Crippen LogP contribution in [-0.2, 0) is 5.41 Å². The van der Waals surface area contributed by atoms with Gasteiger partial charge in [0.15, 0.2) is 0 Å². The fourth-order valence-electron chi connectivity index (χ4n) is 4.77. The van der Waals surface area contributed by atoms with Crippen LogP contribution in [0.25, 0.3) is 11.1 Å². The molecule has 4 aromatic rings. The summed E-state index contributed by atoms with van der Waals surface area (Å²) in [6.07, 6.45) is 0.